The summed E-state index contributed by atoms with van der Waals surface area (Å²) in [7, 11) is 4.81. The summed E-state index contributed by atoms with van der Waals surface area (Å²) in [6.45, 7) is 0. The molecule has 1 aromatic rings. The minimum atomic E-state index is -0.430. The summed E-state index contributed by atoms with van der Waals surface area (Å²) in [5, 5.41) is 0. The van der Waals surface area contributed by atoms with Gasteiger partial charge < -0.3 is 9.64 Å². The second kappa shape index (κ2) is 4.45. The van der Waals surface area contributed by atoms with Crippen LogP contribution in [-0.2, 0) is 0 Å². The summed E-state index contributed by atoms with van der Waals surface area (Å²) in [5.74, 6) is 0.710. The Bertz CT molecular complexity index is 308. The van der Waals surface area contributed by atoms with E-state index in [0.717, 1.165) is 0 Å². The molecule has 0 unspecified atom stereocenters. The van der Waals surface area contributed by atoms with E-state index in [1.165, 1.54) is 9.63 Å². The molecule has 0 N–H and O–H groups in total. The van der Waals surface area contributed by atoms with Gasteiger partial charge in [0.25, 0.3) is 0 Å². The number of rotatable bonds is 2. The fraction of sp³-hybridized carbons (Fsp3) is 0.333. The van der Waals surface area contributed by atoms with Gasteiger partial charge in [-0.2, -0.15) is 4.84 Å². The largest absolute Gasteiger partial charge is 0.496 e. The summed E-state index contributed by atoms with van der Waals surface area (Å²) in [6.07, 6.45) is 2.76. The van der Waals surface area contributed by atoms with Crippen molar-refractivity contribution >= 4 is 6.09 Å². The Morgan fingerprint density at radius 2 is 1.93 bits per heavy atom. The Balaban J connectivity index is 2.64. The number of hydrogen-bond acceptors (Lipinski definition) is 3. The summed E-state index contributed by atoms with van der Waals surface area (Å²) in [5.41, 5.74) is 0. The molecule has 0 aliphatic rings. The molecule has 0 aromatic carbocycles. The van der Waals surface area contributed by atoms with Crippen molar-refractivity contribution in [2.24, 2.45) is 0 Å². The highest BCUT2D eigenvalue weighted by Gasteiger charge is 2.12. The second-order valence-corrected chi connectivity index (χ2v) is 2.85. The van der Waals surface area contributed by atoms with Gasteiger partial charge in [0.05, 0.1) is 7.11 Å². The molecule has 0 atom stereocenters. The molecule has 1 amide bonds. The lowest BCUT2D eigenvalue weighted by molar-refractivity contribution is -0.869. The molecule has 0 saturated carbocycles. The van der Waals surface area contributed by atoms with Crippen molar-refractivity contribution in [3.8, 4) is 5.75 Å². The lowest BCUT2D eigenvalue weighted by Crippen LogP contribution is -2.48. The van der Waals surface area contributed by atoms with Gasteiger partial charge in [0.15, 0.2) is 0 Å². The van der Waals surface area contributed by atoms with Crippen LogP contribution in [0.25, 0.3) is 0 Å². The van der Waals surface area contributed by atoms with Gasteiger partial charge in [0.1, 0.15) is 5.75 Å². The maximum Gasteiger partial charge on any atom is 0.477 e. The van der Waals surface area contributed by atoms with E-state index in [-0.39, 0.29) is 0 Å². The smallest absolute Gasteiger partial charge is 0.477 e. The van der Waals surface area contributed by atoms with Gasteiger partial charge in [-0.05, 0) is 0 Å². The first-order valence-corrected chi connectivity index (χ1v) is 4.08. The van der Waals surface area contributed by atoms with Crippen LogP contribution in [0, 0.1) is 0 Å². The van der Waals surface area contributed by atoms with Crippen molar-refractivity contribution in [1.82, 2.24) is 4.90 Å². The third-order valence-electron chi connectivity index (χ3n) is 1.56. The number of pyridine rings is 1. The number of amides is 1. The van der Waals surface area contributed by atoms with Crippen LogP contribution in [0.3, 0.4) is 0 Å². The summed E-state index contributed by atoms with van der Waals surface area (Å²) in [4.78, 5) is 17.4. The van der Waals surface area contributed by atoms with Crippen molar-refractivity contribution in [3.63, 3.8) is 0 Å². The SMILES string of the molecule is COc1cc[n+](OC(=O)N(C)C)cc1. The predicted octanol–water partition coefficient (Wildman–Crippen LogP) is 0.0929. The Kier molecular flexibility index (Phi) is 3.28. The minimum absolute atomic E-state index is 0.430. The monoisotopic (exact) mass is 197 g/mol. The van der Waals surface area contributed by atoms with Gasteiger partial charge in [0, 0.05) is 31.0 Å². The normalized spacial score (nSPS) is 9.36. The molecular weight excluding hydrogens is 184 g/mol. The summed E-state index contributed by atoms with van der Waals surface area (Å²) >= 11 is 0. The van der Waals surface area contributed by atoms with Crippen molar-refractivity contribution in [3.05, 3.63) is 24.5 Å². The van der Waals surface area contributed by atoms with Crippen LogP contribution in [0.1, 0.15) is 0 Å². The van der Waals surface area contributed by atoms with Crippen molar-refractivity contribution < 1.29 is 19.1 Å². The molecule has 5 heteroatoms. The van der Waals surface area contributed by atoms with E-state index in [0.29, 0.717) is 5.75 Å². The average Bonchev–Trinajstić information content (AvgIpc) is 2.19. The molecule has 76 valence electrons. The van der Waals surface area contributed by atoms with Crippen molar-refractivity contribution in [1.29, 1.82) is 0 Å². The maximum absolute atomic E-state index is 11.1. The highest BCUT2D eigenvalue weighted by Crippen LogP contribution is 2.03. The van der Waals surface area contributed by atoms with Gasteiger partial charge in [-0.15, -0.1) is 0 Å². The highest BCUT2D eigenvalue weighted by atomic mass is 16.7. The summed E-state index contributed by atoms with van der Waals surface area (Å²) in [6, 6.07) is 3.39. The fourth-order valence-electron chi connectivity index (χ4n) is 0.768. The molecule has 0 spiro atoms. The molecular formula is C9H13N2O3+. The molecule has 0 bridgehead atoms. The Morgan fingerprint density at radius 1 is 1.36 bits per heavy atom. The molecule has 1 heterocycles. The van der Waals surface area contributed by atoms with Crippen LogP contribution in [-0.4, -0.2) is 32.2 Å². The van der Waals surface area contributed by atoms with E-state index in [1.807, 2.05) is 0 Å². The van der Waals surface area contributed by atoms with E-state index in [1.54, 1.807) is 45.7 Å². The Labute approximate surface area is 82.4 Å². The van der Waals surface area contributed by atoms with Gasteiger partial charge >= 0.3 is 6.09 Å². The lowest BCUT2D eigenvalue weighted by Gasteiger charge is -2.04. The molecule has 5 nitrogen and oxygen atoms in total. The van der Waals surface area contributed by atoms with Crippen LogP contribution >= 0.6 is 0 Å². The first-order chi connectivity index (χ1) is 6.63. The van der Waals surface area contributed by atoms with E-state index in [2.05, 4.69) is 0 Å². The Hall–Kier alpha value is -1.78. The lowest BCUT2D eigenvalue weighted by atomic mass is 10.5. The van der Waals surface area contributed by atoms with Gasteiger partial charge in [0.2, 0.25) is 12.4 Å². The summed E-state index contributed by atoms with van der Waals surface area (Å²) < 4.78 is 6.27. The zero-order valence-corrected chi connectivity index (χ0v) is 8.43. The highest BCUT2D eigenvalue weighted by molar-refractivity contribution is 5.66. The molecule has 0 radical (unpaired) electrons. The zero-order valence-electron chi connectivity index (χ0n) is 8.43. The van der Waals surface area contributed by atoms with Crippen molar-refractivity contribution in [2.75, 3.05) is 21.2 Å². The third-order valence-corrected chi connectivity index (χ3v) is 1.56. The van der Waals surface area contributed by atoms with E-state index in [9.17, 15) is 4.79 Å². The molecule has 0 saturated heterocycles. The van der Waals surface area contributed by atoms with Crippen LogP contribution in [0.5, 0.6) is 5.75 Å². The molecule has 0 fully saturated rings. The quantitative estimate of drug-likeness (QED) is 0.631. The third kappa shape index (κ3) is 2.62. The number of nitrogens with zero attached hydrogens (tertiary/aromatic N) is 2. The molecule has 14 heavy (non-hydrogen) atoms. The first-order valence-electron chi connectivity index (χ1n) is 4.08. The maximum atomic E-state index is 11.1. The molecule has 1 aromatic heterocycles. The molecule has 0 aliphatic carbocycles. The Morgan fingerprint density at radius 3 is 2.36 bits per heavy atom. The van der Waals surface area contributed by atoms with E-state index < -0.39 is 6.09 Å². The van der Waals surface area contributed by atoms with Crippen LogP contribution in [0.2, 0.25) is 0 Å². The first kappa shape index (κ1) is 10.3. The molecule has 1 rings (SSSR count). The van der Waals surface area contributed by atoms with Crippen LogP contribution in [0.4, 0.5) is 4.79 Å². The van der Waals surface area contributed by atoms with E-state index in [4.69, 9.17) is 9.57 Å². The number of methoxy groups -OCH3 is 1. The topological polar surface area (TPSA) is 42.6 Å². The minimum Gasteiger partial charge on any atom is -0.496 e. The van der Waals surface area contributed by atoms with Crippen LogP contribution in [0.15, 0.2) is 24.5 Å². The van der Waals surface area contributed by atoms with Crippen molar-refractivity contribution in [2.45, 2.75) is 0 Å². The number of ether oxygens (including phenoxy) is 1. The zero-order chi connectivity index (χ0) is 10.6. The molecule has 0 aliphatic heterocycles. The number of aromatic nitrogens is 1. The fourth-order valence-corrected chi connectivity index (χ4v) is 0.768. The average molecular weight is 197 g/mol. The number of carbonyl (C=O) groups excluding carboxylic acids is 1. The second-order valence-electron chi connectivity index (χ2n) is 2.85. The standard InChI is InChI=1S/C9H13N2O3/c1-10(2)9(12)14-11-6-4-8(13-3)5-7-11/h4-7H,1-3H3/q+1. The van der Waals surface area contributed by atoms with Gasteiger partial charge in [-0.3, -0.25) is 0 Å². The van der Waals surface area contributed by atoms with Gasteiger partial charge in [-0.25, -0.2) is 4.79 Å². The number of hydrogen-bond donors (Lipinski definition) is 0. The number of carbonyl (C=O) groups is 1. The van der Waals surface area contributed by atoms with E-state index >= 15 is 0 Å². The van der Waals surface area contributed by atoms with Gasteiger partial charge in [-0.1, -0.05) is 0 Å². The van der Waals surface area contributed by atoms with Crippen LogP contribution < -0.4 is 14.3 Å². The predicted molar refractivity (Wildman–Crippen MR) is 48.9 cm³/mol.